The van der Waals surface area contributed by atoms with Crippen LogP contribution in [0, 0.1) is 0 Å². The van der Waals surface area contributed by atoms with Gasteiger partial charge in [0.05, 0.1) is 6.61 Å². The molecule has 0 saturated carbocycles. The highest BCUT2D eigenvalue weighted by molar-refractivity contribution is 5.80. The molecule has 3 heteroatoms. The van der Waals surface area contributed by atoms with Crippen molar-refractivity contribution in [2.45, 2.75) is 20.3 Å². The van der Waals surface area contributed by atoms with Crippen molar-refractivity contribution < 1.29 is 4.74 Å². The van der Waals surface area contributed by atoms with Gasteiger partial charge >= 0.3 is 0 Å². The molecule has 2 aromatic rings. The van der Waals surface area contributed by atoms with Gasteiger partial charge in [-0.25, -0.2) is 0 Å². The molecular formula is C15H22N2O. The molecule has 2 rings (SSSR count). The van der Waals surface area contributed by atoms with Gasteiger partial charge < -0.3 is 14.6 Å². The Morgan fingerprint density at radius 3 is 2.78 bits per heavy atom. The number of hydrogen-bond donors (Lipinski definition) is 1. The van der Waals surface area contributed by atoms with Gasteiger partial charge in [0, 0.05) is 24.3 Å². The van der Waals surface area contributed by atoms with Crippen LogP contribution in [0.1, 0.15) is 20.3 Å². The number of benzene rings is 1. The maximum Gasteiger partial charge on any atom is 0.121 e. The molecule has 0 unspecified atom stereocenters. The van der Waals surface area contributed by atoms with Crippen LogP contribution in [0.25, 0.3) is 10.9 Å². The molecule has 3 nitrogen and oxygen atoms in total. The molecule has 0 saturated heterocycles. The van der Waals surface area contributed by atoms with Crippen LogP contribution in [-0.2, 0) is 0 Å². The minimum Gasteiger partial charge on any atom is -0.493 e. The summed E-state index contributed by atoms with van der Waals surface area (Å²) in [4.78, 5) is 5.61. The third-order valence-corrected chi connectivity index (χ3v) is 3.31. The lowest BCUT2D eigenvalue weighted by Gasteiger charge is -2.17. The molecule has 18 heavy (non-hydrogen) atoms. The summed E-state index contributed by atoms with van der Waals surface area (Å²) < 4.78 is 5.78. The highest BCUT2D eigenvalue weighted by atomic mass is 16.5. The second-order valence-electron chi connectivity index (χ2n) is 4.46. The maximum atomic E-state index is 5.78. The normalized spacial score (nSPS) is 11.3. The van der Waals surface area contributed by atoms with E-state index in [0.717, 1.165) is 43.9 Å². The first-order valence-corrected chi connectivity index (χ1v) is 6.75. The van der Waals surface area contributed by atoms with Crippen molar-refractivity contribution in [1.82, 2.24) is 9.88 Å². The molecule has 0 aliphatic carbocycles. The number of aromatic nitrogens is 1. The van der Waals surface area contributed by atoms with Gasteiger partial charge in [0.25, 0.3) is 0 Å². The average Bonchev–Trinajstić information content (AvgIpc) is 2.86. The summed E-state index contributed by atoms with van der Waals surface area (Å²) in [6.07, 6.45) is 3.03. The van der Waals surface area contributed by atoms with Crippen molar-refractivity contribution in [3.63, 3.8) is 0 Å². The molecule has 0 aliphatic heterocycles. The van der Waals surface area contributed by atoms with E-state index in [-0.39, 0.29) is 0 Å². The van der Waals surface area contributed by atoms with E-state index in [1.54, 1.807) is 0 Å². The Bertz CT molecular complexity index is 474. The number of nitrogens with zero attached hydrogens (tertiary/aromatic N) is 1. The van der Waals surface area contributed by atoms with Gasteiger partial charge in [0.1, 0.15) is 5.75 Å². The summed E-state index contributed by atoms with van der Waals surface area (Å²) in [5.41, 5.74) is 1.14. The van der Waals surface area contributed by atoms with Crippen LogP contribution in [0.3, 0.4) is 0 Å². The zero-order chi connectivity index (χ0) is 12.8. The Kier molecular flexibility index (Phi) is 4.65. The van der Waals surface area contributed by atoms with Crippen molar-refractivity contribution in [3.05, 3.63) is 30.5 Å². The second kappa shape index (κ2) is 6.45. The third kappa shape index (κ3) is 3.26. The number of ether oxygens (including phenoxy) is 1. The van der Waals surface area contributed by atoms with Crippen molar-refractivity contribution in [2.24, 2.45) is 0 Å². The van der Waals surface area contributed by atoms with E-state index in [1.807, 2.05) is 12.3 Å². The summed E-state index contributed by atoms with van der Waals surface area (Å²) in [6, 6.07) is 8.26. The van der Waals surface area contributed by atoms with Gasteiger partial charge in [-0.3, -0.25) is 0 Å². The highest BCUT2D eigenvalue weighted by Crippen LogP contribution is 2.19. The summed E-state index contributed by atoms with van der Waals surface area (Å²) in [7, 11) is 0. The first-order chi connectivity index (χ1) is 8.83. The fraction of sp³-hybridized carbons (Fsp3) is 0.467. The molecule has 0 bridgehead atoms. The van der Waals surface area contributed by atoms with Crippen LogP contribution in [0.5, 0.6) is 5.75 Å². The molecular weight excluding hydrogens is 224 g/mol. The lowest BCUT2D eigenvalue weighted by atomic mass is 10.2. The molecule has 0 aliphatic rings. The topological polar surface area (TPSA) is 28.3 Å². The molecule has 0 atom stereocenters. The van der Waals surface area contributed by atoms with Crippen molar-refractivity contribution in [1.29, 1.82) is 0 Å². The average molecular weight is 246 g/mol. The third-order valence-electron chi connectivity index (χ3n) is 3.31. The summed E-state index contributed by atoms with van der Waals surface area (Å²) in [5, 5.41) is 1.23. The summed E-state index contributed by atoms with van der Waals surface area (Å²) in [6.45, 7) is 8.52. The van der Waals surface area contributed by atoms with Crippen LogP contribution in [0.4, 0.5) is 0 Å². The minimum absolute atomic E-state index is 0.780. The van der Waals surface area contributed by atoms with Crippen LogP contribution in [0.2, 0.25) is 0 Å². The largest absolute Gasteiger partial charge is 0.493 e. The quantitative estimate of drug-likeness (QED) is 0.759. The summed E-state index contributed by atoms with van der Waals surface area (Å²) in [5.74, 6) is 0.949. The first-order valence-electron chi connectivity index (χ1n) is 6.75. The van der Waals surface area contributed by atoms with Gasteiger partial charge in [-0.2, -0.15) is 0 Å². The smallest absolute Gasteiger partial charge is 0.121 e. The number of H-pyrrole nitrogens is 1. The molecule has 1 heterocycles. The van der Waals surface area contributed by atoms with Crippen molar-refractivity contribution in [2.75, 3.05) is 26.2 Å². The van der Waals surface area contributed by atoms with E-state index < -0.39 is 0 Å². The van der Waals surface area contributed by atoms with Crippen LogP contribution < -0.4 is 4.74 Å². The SMILES string of the molecule is CCN(CC)CCCOc1ccc2cc[nH]c2c1. The fourth-order valence-corrected chi connectivity index (χ4v) is 2.13. The molecule has 1 aromatic heterocycles. The Labute approximate surface area is 109 Å². The Morgan fingerprint density at radius 1 is 1.17 bits per heavy atom. The van der Waals surface area contributed by atoms with E-state index in [1.165, 1.54) is 5.39 Å². The highest BCUT2D eigenvalue weighted by Gasteiger charge is 2.00. The molecule has 1 N–H and O–H groups in total. The number of rotatable bonds is 7. The molecule has 0 spiro atoms. The van der Waals surface area contributed by atoms with Crippen molar-refractivity contribution in [3.8, 4) is 5.75 Å². The number of aromatic amines is 1. The fourth-order valence-electron chi connectivity index (χ4n) is 2.13. The van der Waals surface area contributed by atoms with Gasteiger partial charge in [-0.15, -0.1) is 0 Å². The van der Waals surface area contributed by atoms with Crippen molar-refractivity contribution >= 4 is 10.9 Å². The predicted octanol–water partition coefficient (Wildman–Crippen LogP) is 3.28. The van der Waals surface area contributed by atoms with Gasteiger partial charge in [0.2, 0.25) is 0 Å². The molecule has 98 valence electrons. The Hall–Kier alpha value is -1.48. The monoisotopic (exact) mass is 246 g/mol. The van der Waals surface area contributed by atoms with Gasteiger partial charge in [0.15, 0.2) is 0 Å². The number of nitrogens with one attached hydrogen (secondary N) is 1. The minimum atomic E-state index is 0.780. The standard InChI is InChI=1S/C15H22N2O/c1-3-17(4-2)10-5-11-18-14-7-6-13-8-9-16-15(13)12-14/h6-9,12,16H,3-5,10-11H2,1-2H3. The van der Waals surface area contributed by atoms with E-state index in [0.29, 0.717) is 0 Å². The van der Waals surface area contributed by atoms with Gasteiger partial charge in [-0.05, 0) is 43.1 Å². The second-order valence-corrected chi connectivity index (χ2v) is 4.46. The molecule has 1 aromatic carbocycles. The molecule has 0 fully saturated rings. The first kappa shape index (κ1) is 13.0. The maximum absolute atomic E-state index is 5.78. The lowest BCUT2D eigenvalue weighted by Crippen LogP contribution is -2.25. The van der Waals surface area contributed by atoms with E-state index in [4.69, 9.17) is 4.74 Å². The summed E-state index contributed by atoms with van der Waals surface area (Å²) >= 11 is 0. The Morgan fingerprint density at radius 2 is 2.00 bits per heavy atom. The zero-order valence-corrected chi connectivity index (χ0v) is 11.3. The number of fused-ring (bicyclic) bond motifs is 1. The molecule has 0 amide bonds. The lowest BCUT2D eigenvalue weighted by molar-refractivity contribution is 0.249. The van der Waals surface area contributed by atoms with Crippen LogP contribution >= 0.6 is 0 Å². The van der Waals surface area contributed by atoms with E-state index in [9.17, 15) is 0 Å². The van der Waals surface area contributed by atoms with E-state index >= 15 is 0 Å². The van der Waals surface area contributed by atoms with Crippen LogP contribution in [0.15, 0.2) is 30.5 Å². The molecule has 0 radical (unpaired) electrons. The zero-order valence-electron chi connectivity index (χ0n) is 11.3. The van der Waals surface area contributed by atoms with Crippen LogP contribution in [-0.4, -0.2) is 36.1 Å². The Balaban J connectivity index is 1.79. The predicted molar refractivity (Wildman–Crippen MR) is 76.2 cm³/mol. The number of hydrogen-bond acceptors (Lipinski definition) is 2. The van der Waals surface area contributed by atoms with Gasteiger partial charge in [-0.1, -0.05) is 13.8 Å². The van der Waals surface area contributed by atoms with E-state index in [2.05, 4.69) is 41.9 Å².